The average Bonchev–Trinajstić information content (AvgIpc) is 3.33. The van der Waals surface area contributed by atoms with Crippen molar-refractivity contribution in [3.8, 4) is 22.8 Å². The van der Waals surface area contributed by atoms with Crippen molar-refractivity contribution in [3.05, 3.63) is 83.9 Å². The lowest BCUT2D eigenvalue weighted by Gasteiger charge is -2.33. The van der Waals surface area contributed by atoms with Crippen LogP contribution in [-0.4, -0.2) is 17.6 Å². The molecule has 5 nitrogen and oxygen atoms in total. The van der Waals surface area contributed by atoms with Crippen molar-refractivity contribution >= 4 is 16.9 Å². The van der Waals surface area contributed by atoms with Crippen LogP contribution >= 0.6 is 0 Å². The van der Waals surface area contributed by atoms with Crippen molar-refractivity contribution in [3.63, 3.8) is 0 Å². The number of aliphatic imine (C=N–C) groups is 1. The average molecular weight is 367 g/mol. The zero-order chi connectivity index (χ0) is 18.7. The molecule has 1 atom stereocenters. The lowest BCUT2D eigenvalue weighted by Crippen LogP contribution is -2.31. The van der Waals surface area contributed by atoms with Crippen LogP contribution in [0.2, 0.25) is 0 Å². The van der Waals surface area contributed by atoms with E-state index in [0.717, 1.165) is 39.4 Å². The monoisotopic (exact) mass is 367 g/mol. The Bertz CT molecular complexity index is 1240. The molecule has 6 rings (SSSR count). The molecular formula is C23H17N3O2. The van der Waals surface area contributed by atoms with Gasteiger partial charge < -0.3 is 20.2 Å². The molecule has 0 amide bonds. The Morgan fingerprint density at radius 1 is 0.893 bits per heavy atom. The number of para-hydroxylation sites is 2. The molecular weight excluding hydrogens is 350 g/mol. The Morgan fingerprint density at radius 3 is 2.57 bits per heavy atom. The van der Waals surface area contributed by atoms with Crippen LogP contribution in [0, 0.1) is 0 Å². The molecule has 2 aliphatic heterocycles. The number of H-pyrrole nitrogens is 1. The summed E-state index contributed by atoms with van der Waals surface area (Å²) >= 11 is 0. The van der Waals surface area contributed by atoms with E-state index in [-0.39, 0.29) is 6.02 Å². The lowest BCUT2D eigenvalue weighted by molar-refractivity contribution is 0.264. The maximum Gasteiger partial charge on any atom is 0.283 e. The molecule has 1 spiro atoms. The van der Waals surface area contributed by atoms with Crippen LogP contribution in [0.1, 0.15) is 11.1 Å². The van der Waals surface area contributed by atoms with Gasteiger partial charge in [0.25, 0.3) is 6.02 Å². The van der Waals surface area contributed by atoms with Gasteiger partial charge in [0.15, 0.2) is 5.54 Å². The normalized spacial score (nSPS) is 19.6. The third kappa shape index (κ3) is 2.04. The molecule has 3 aromatic carbocycles. The molecule has 0 saturated carbocycles. The predicted molar refractivity (Wildman–Crippen MR) is 109 cm³/mol. The standard InChI is InChI=1S/C23H17N3O2/c24-22-26-23(13-27-22)16-6-2-4-8-20(16)28-21-10-9-15(11-17(21)23)19-12-14-5-1-3-7-18(14)25-19/h1-12,25H,13H2,(H2,24,26)/t23-/m1/s1. The molecule has 3 N–H and O–H groups in total. The molecule has 28 heavy (non-hydrogen) atoms. The molecule has 0 aliphatic carbocycles. The third-order valence-corrected chi connectivity index (χ3v) is 5.55. The second-order valence-corrected chi connectivity index (χ2v) is 7.18. The number of aromatic amines is 1. The number of hydrogen-bond acceptors (Lipinski definition) is 4. The van der Waals surface area contributed by atoms with Gasteiger partial charge in [0.05, 0.1) is 0 Å². The van der Waals surface area contributed by atoms with Crippen molar-refractivity contribution in [2.45, 2.75) is 5.54 Å². The highest BCUT2D eigenvalue weighted by atomic mass is 16.5. The Balaban J connectivity index is 1.57. The number of hydrogen-bond donors (Lipinski definition) is 2. The smallest absolute Gasteiger partial charge is 0.283 e. The highest BCUT2D eigenvalue weighted by molar-refractivity contribution is 5.86. The maximum atomic E-state index is 6.17. The molecule has 5 heteroatoms. The Hall–Kier alpha value is -3.73. The van der Waals surface area contributed by atoms with Gasteiger partial charge in [0.1, 0.15) is 18.1 Å². The summed E-state index contributed by atoms with van der Waals surface area (Å²) in [7, 11) is 0. The molecule has 1 aromatic heterocycles. The van der Waals surface area contributed by atoms with Crippen molar-refractivity contribution in [2.24, 2.45) is 10.7 Å². The van der Waals surface area contributed by atoms with Gasteiger partial charge in [-0.05, 0) is 42.0 Å². The summed E-state index contributed by atoms with van der Waals surface area (Å²) in [5.41, 5.74) is 10.4. The van der Waals surface area contributed by atoms with Gasteiger partial charge in [-0.2, -0.15) is 0 Å². The Labute approximate surface area is 161 Å². The van der Waals surface area contributed by atoms with E-state index >= 15 is 0 Å². The van der Waals surface area contributed by atoms with Crippen molar-refractivity contribution in [1.82, 2.24) is 4.98 Å². The van der Waals surface area contributed by atoms with E-state index < -0.39 is 5.54 Å². The highest BCUT2D eigenvalue weighted by Crippen LogP contribution is 2.51. The molecule has 2 aliphatic rings. The predicted octanol–water partition coefficient (Wildman–Crippen LogP) is 4.53. The molecule has 0 saturated heterocycles. The Kier molecular flexibility index (Phi) is 2.95. The van der Waals surface area contributed by atoms with E-state index in [1.54, 1.807) is 0 Å². The summed E-state index contributed by atoms with van der Waals surface area (Å²) in [5.74, 6) is 1.57. The van der Waals surface area contributed by atoms with Gasteiger partial charge in [-0.1, -0.05) is 36.4 Å². The summed E-state index contributed by atoms with van der Waals surface area (Å²) in [6.45, 7) is 0.363. The van der Waals surface area contributed by atoms with Crippen molar-refractivity contribution in [1.29, 1.82) is 0 Å². The molecule has 0 radical (unpaired) electrons. The number of ether oxygens (including phenoxy) is 2. The number of nitrogens with one attached hydrogen (secondary N) is 1. The number of benzene rings is 3. The summed E-state index contributed by atoms with van der Waals surface area (Å²) in [5, 5.41) is 1.18. The van der Waals surface area contributed by atoms with Crippen LogP contribution in [0.5, 0.6) is 11.5 Å². The molecule has 136 valence electrons. The van der Waals surface area contributed by atoms with Gasteiger partial charge in [-0.3, -0.25) is 0 Å². The number of fused-ring (bicyclic) bond motifs is 5. The molecule has 4 aromatic rings. The quantitative estimate of drug-likeness (QED) is 0.519. The van der Waals surface area contributed by atoms with Gasteiger partial charge in [0.2, 0.25) is 0 Å². The summed E-state index contributed by atoms with van der Waals surface area (Å²) in [4.78, 5) is 8.21. The van der Waals surface area contributed by atoms with E-state index in [2.05, 4.69) is 35.3 Å². The first kappa shape index (κ1) is 15.3. The maximum absolute atomic E-state index is 6.17. The lowest BCUT2D eigenvalue weighted by atomic mass is 9.80. The summed E-state index contributed by atoms with van der Waals surface area (Å²) in [6, 6.07) is 24.7. The first-order chi connectivity index (χ1) is 13.7. The topological polar surface area (TPSA) is 72.6 Å². The number of nitrogens with two attached hydrogens (primary N) is 1. The minimum atomic E-state index is -0.684. The summed E-state index contributed by atoms with van der Waals surface area (Å²) < 4.78 is 11.8. The zero-order valence-electron chi connectivity index (χ0n) is 15.0. The fraction of sp³-hybridized carbons (Fsp3) is 0.0870. The second kappa shape index (κ2) is 5.39. The van der Waals surface area contributed by atoms with Gasteiger partial charge in [-0.25, -0.2) is 4.99 Å². The van der Waals surface area contributed by atoms with Crippen LogP contribution in [0.3, 0.4) is 0 Å². The van der Waals surface area contributed by atoms with Crippen LogP contribution < -0.4 is 10.5 Å². The zero-order valence-corrected chi connectivity index (χ0v) is 15.0. The SMILES string of the molecule is NC1=N[C@]2(CO1)c1ccccc1Oc1ccc(-c3cc4ccccc4[nH]3)cc12. The second-order valence-electron chi connectivity index (χ2n) is 7.18. The van der Waals surface area contributed by atoms with Crippen LogP contribution in [0.4, 0.5) is 0 Å². The molecule has 3 heterocycles. The number of nitrogens with zero attached hydrogens (tertiary/aromatic N) is 1. The number of amidine groups is 1. The van der Waals surface area contributed by atoms with E-state index in [1.165, 1.54) is 5.39 Å². The summed E-state index contributed by atoms with van der Waals surface area (Å²) in [6.07, 6.45) is 0. The van der Waals surface area contributed by atoms with Crippen LogP contribution in [-0.2, 0) is 10.3 Å². The first-order valence-corrected chi connectivity index (χ1v) is 9.21. The number of rotatable bonds is 1. The van der Waals surface area contributed by atoms with E-state index in [4.69, 9.17) is 20.2 Å². The molecule has 0 unspecified atom stereocenters. The minimum Gasteiger partial charge on any atom is -0.462 e. The molecule has 0 bridgehead atoms. The molecule has 0 fully saturated rings. The van der Waals surface area contributed by atoms with Gasteiger partial charge in [-0.15, -0.1) is 0 Å². The first-order valence-electron chi connectivity index (χ1n) is 9.21. The highest BCUT2D eigenvalue weighted by Gasteiger charge is 2.46. The number of aromatic nitrogens is 1. The van der Waals surface area contributed by atoms with Crippen LogP contribution in [0.15, 0.2) is 77.8 Å². The fourth-order valence-corrected chi connectivity index (χ4v) is 4.21. The van der Waals surface area contributed by atoms with Gasteiger partial charge in [0, 0.05) is 27.7 Å². The van der Waals surface area contributed by atoms with Crippen LogP contribution in [0.25, 0.3) is 22.2 Å². The van der Waals surface area contributed by atoms with Crippen molar-refractivity contribution < 1.29 is 9.47 Å². The van der Waals surface area contributed by atoms with Gasteiger partial charge >= 0.3 is 0 Å². The Morgan fingerprint density at radius 2 is 1.71 bits per heavy atom. The van der Waals surface area contributed by atoms with Crippen molar-refractivity contribution in [2.75, 3.05) is 6.61 Å². The van der Waals surface area contributed by atoms with E-state index in [0.29, 0.717) is 6.61 Å². The van der Waals surface area contributed by atoms with E-state index in [9.17, 15) is 0 Å². The fourth-order valence-electron chi connectivity index (χ4n) is 4.21. The minimum absolute atomic E-state index is 0.207. The van der Waals surface area contributed by atoms with E-state index in [1.807, 2.05) is 42.5 Å². The third-order valence-electron chi connectivity index (χ3n) is 5.55. The largest absolute Gasteiger partial charge is 0.462 e.